The third kappa shape index (κ3) is 3.71. The summed E-state index contributed by atoms with van der Waals surface area (Å²) in [6.45, 7) is 5.38. The molecule has 0 atom stereocenters. The topological polar surface area (TPSA) is 45.1 Å². The van der Waals surface area contributed by atoms with Crippen molar-refractivity contribution in [3.05, 3.63) is 48.0 Å². The number of benzene rings is 2. The molecule has 5 nitrogen and oxygen atoms in total. The van der Waals surface area contributed by atoms with Crippen LogP contribution in [-0.4, -0.2) is 66.0 Å². The molecule has 0 unspecified atom stereocenters. The molecule has 2 aliphatic heterocycles. The predicted molar refractivity (Wildman–Crippen MR) is 104 cm³/mol. The first-order valence-electron chi connectivity index (χ1n) is 9.20. The number of hydrogen-bond acceptors (Lipinski definition) is 3. The number of carbonyl (C=O) groups is 2. The van der Waals surface area contributed by atoms with Gasteiger partial charge in [-0.1, -0.05) is 54.2 Å². The van der Waals surface area contributed by atoms with Gasteiger partial charge in [-0.05, 0) is 10.8 Å². The van der Waals surface area contributed by atoms with Gasteiger partial charge in [0.25, 0.3) is 5.24 Å². The SMILES string of the molecule is O=C(CN1CCSC1=O)N1CC[NH+](Cc2cccc3ccccc23)CC1. The van der Waals surface area contributed by atoms with Gasteiger partial charge in [-0.2, -0.15) is 0 Å². The van der Waals surface area contributed by atoms with Crippen LogP contribution in [0.3, 0.4) is 0 Å². The molecule has 1 N–H and O–H groups in total. The Balaban J connectivity index is 1.33. The minimum Gasteiger partial charge on any atom is -0.330 e. The molecule has 136 valence electrons. The standard InChI is InChI=1S/C20H23N3O2S/c24-19(15-23-12-13-26-20(23)25)22-10-8-21(9-11-22)14-17-6-3-5-16-4-1-2-7-18(16)17/h1-7H,8-15H2/p+1. The molecule has 4 rings (SSSR count). The highest BCUT2D eigenvalue weighted by molar-refractivity contribution is 8.13. The Bertz CT molecular complexity index is 812. The molecule has 2 saturated heterocycles. The smallest absolute Gasteiger partial charge is 0.282 e. The van der Waals surface area contributed by atoms with E-state index in [2.05, 4.69) is 42.5 Å². The zero-order valence-electron chi connectivity index (χ0n) is 14.8. The summed E-state index contributed by atoms with van der Waals surface area (Å²) in [6, 6.07) is 15.0. The average Bonchev–Trinajstić information content (AvgIpc) is 3.07. The van der Waals surface area contributed by atoms with E-state index in [1.165, 1.54) is 33.0 Å². The van der Waals surface area contributed by atoms with Gasteiger partial charge < -0.3 is 14.7 Å². The fourth-order valence-corrected chi connectivity index (χ4v) is 4.62. The second kappa shape index (κ2) is 7.68. The van der Waals surface area contributed by atoms with Gasteiger partial charge in [-0.15, -0.1) is 0 Å². The van der Waals surface area contributed by atoms with Crippen molar-refractivity contribution in [1.82, 2.24) is 9.80 Å². The van der Waals surface area contributed by atoms with Crippen LogP contribution >= 0.6 is 11.8 Å². The van der Waals surface area contributed by atoms with Crippen LogP contribution in [0.4, 0.5) is 4.79 Å². The van der Waals surface area contributed by atoms with Crippen LogP contribution in [0.1, 0.15) is 5.56 Å². The van der Waals surface area contributed by atoms with E-state index in [1.54, 1.807) is 4.90 Å². The molecule has 0 aromatic heterocycles. The van der Waals surface area contributed by atoms with Crippen molar-refractivity contribution >= 4 is 33.7 Å². The Labute approximate surface area is 157 Å². The second-order valence-electron chi connectivity index (χ2n) is 6.98. The van der Waals surface area contributed by atoms with Crippen molar-refractivity contribution in [3.8, 4) is 0 Å². The molecular weight excluding hydrogens is 346 g/mol. The van der Waals surface area contributed by atoms with Crippen LogP contribution in [0.25, 0.3) is 10.8 Å². The van der Waals surface area contributed by atoms with E-state index >= 15 is 0 Å². The lowest BCUT2D eigenvalue weighted by Gasteiger charge is -2.33. The van der Waals surface area contributed by atoms with Gasteiger partial charge in [-0.3, -0.25) is 9.59 Å². The summed E-state index contributed by atoms with van der Waals surface area (Å²) in [5.74, 6) is 0.889. The summed E-state index contributed by atoms with van der Waals surface area (Å²) >= 11 is 1.31. The fraction of sp³-hybridized carbons (Fsp3) is 0.400. The molecule has 2 aromatic rings. The van der Waals surface area contributed by atoms with Gasteiger partial charge in [0.1, 0.15) is 13.1 Å². The van der Waals surface area contributed by atoms with Gasteiger partial charge in [-0.25, -0.2) is 0 Å². The molecule has 2 aromatic carbocycles. The molecule has 2 fully saturated rings. The van der Waals surface area contributed by atoms with E-state index in [0.717, 1.165) is 38.5 Å². The van der Waals surface area contributed by atoms with Crippen LogP contribution in [0, 0.1) is 0 Å². The highest BCUT2D eigenvalue weighted by Gasteiger charge is 2.28. The van der Waals surface area contributed by atoms with Crippen molar-refractivity contribution in [2.75, 3.05) is 45.0 Å². The average molecular weight is 370 g/mol. The van der Waals surface area contributed by atoms with E-state index in [-0.39, 0.29) is 17.7 Å². The quantitative estimate of drug-likeness (QED) is 0.881. The molecule has 0 bridgehead atoms. The minimum absolute atomic E-state index is 0.0403. The zero-order valence-corrected chi connectivity index (χ0v) is 15.6. The number of rotatable bonds is 4. The van der Waals surface area contributed by atoms with Crippen molar-refractivity contribution in [2.45, 2.75) is 6.54 Å². The molecule has 2 aliphatic rings. The summed E-state index contributed by atoms with van der Waals surface area (Å²) in [5.41, 5.74) is 1.37. The van der Waals surface area contributed by atoms with Crippen molar-refractivity contribution in [1.29, 1.82) is 0 Å². The molecule has 6 heteroatoms. The number of hydrogen-bond donors (Lipinski definition) is 1. The van der Waals surface area contributed by atoms with Crippen LogP contribution in [0.15, 0.2) is 42.5 Å². The minimum atomic E-state index is 0.0403. The van der Waals surface area contributed by atoms with E-state index in [1.807, 2.05) is 4.90 Å². The molecule has 2 amide bonds. The molecule has 0 spiro atoms. The third-order valence-corrected chi connectivity index (χ3v) is 6.21. The Morgan fingerprint density at radius 3 is 2.58 bits per heavy atom. The van der Waals surface area contributed by atoms with Crippen LogP contribution in [-0.2, 0) is 11.3 Å². The van der Waals surface area contributed by atoms with Crippen LogP contribution in [0.5, 0.6) is 0 Å². The number of thioether (sulfide) groups is 1. The Kier molecular flexibility index (Phi) is 5.13. The number of nitrogens with one attached hydrogen (secondary N) is 1. The van der Waals surface area contributed by atoms with E-state index in [9.17, 15) is 9.59 Å². The summed E-state index contributed by atoms with van der Waals surface area (Å²) < 4.78 is 0. The first kappa shape index (κ1) is 17.4. The van der Waals surface area contributed by atoms with Crippen molar-refractivity contribution in [2.24, 2.45) is 0 Å². The largest absolute Gasteiger partial charge is 0.330 e. The first-order valence-corrected chi connectivity index (χ1v) is 10.2. The van der Waals surface area contributed by atoms with Gasteiger partial charge in [0.15, 0.2) is 0 Å². The normalized spacial score (nSPS) is 18.7. The zero-order chi connectivity index (χ0) is 17.9. The Morgan fingerprint density at radius 1 is 1.04 bits per heavy atom. The number of nitrogens with zero attached hydrogens (tertiary/aromatic N) is 2. The molecule has 2 heterocycles. The lowest BCUT2D eigenvalue weighted by Crippen LogP contribution is -3.13. The van der Waals surface area contributed by atoms with Gasteiger partial charge in [0.2, 0.25) is 5.91 Å². The van der Waals surface area contributed by atoms with E-state index in [0.29, 0.717) is 6.54 Å². The Morgan fingerprint density at radius 2 is 1.81 bits per heavy atom. The summed E-state index contributed by atoms with van der Waals surface area (Å²) in [4.78, 5) is 29.2. The molecule has 0 aliphatic carbocycles. The number of amides is 2. The van der Waals surface area contributed by atoms with E-state index in [4.69, 9.17) is 0 Å². The molecular formula is C20H24N3O2S+. The number of quaternary nitrogens is 1. The van der Waals surface area contributed by atoms with Crippen LogP contribution in [0.2, 0.25) is 0 Å². The predicted octanol–water partition coefficient (Wildman–Crippen LogP) is 1.24. The lowest BCUT2D eigenvalue weighted by molar-refractivity contribution is -0.917. The van der Waals surface area contributed by atoms with Crippen molar-refractivity contribution in [3.63, 3.8) is 0 Å². The Hall–Kier alpha value is -2.05. The van der Waals surface area contributed by atoms with Crippen LogP contribution < -0.4 is 4.90 Å². The van der Waals surface area contributed by atoms with Gasteiger partial charge >= 0.3 is 0 Å². The maximum atomic E-state index is 12.5. The lowest BCUT2D eigenvalue weighted by atomic mass is 10.0. The summed E-state index contributed by atoms with van der Waals surface area (Å²) in [7, 11) is 0. The molecule has 0 radical (unpaired) electrons. The number of fused-ring (bicyclic) bond motifs is 1. The van der Waals surface area contributed by atoms with Gasteiger partial charge in [0.05, 0.1) is 26.2 Å². The molecule has 26 heavy (non-hydrogen) atoms. The summed E-state index contributed by atoms with van der Waals surface area (Å²) in [6.07, 6.45) is 0. The van der Waals surface area contributed by atoms with Gasteiger partial charge in [0, 0.05) is 17.9 Å². The number of carbonyl (C=O) groups excluding carboxylic acids is 2. The van der Waals surface area contributed by atoms with Crippen molar-refractivity contribution < 1.29 is 14.5 Å². The highest BCUT2D eigenvalue weighted by atomic mass is 32.2. The third-order valence-electron chi connectivity index (χ3n) is 5.31. The highest BCUT2D eigenvalue weighted by Crippen LogP contribution is 2.18. The molecule has 0 saturated carbocycles. The fourth-order valence-electron chi connectivity index (χ4n) is 3.80. The monoisotopic (exact) mass is 370 g/mol. The maximum absolute atomic E-state index is 12.5. The van der Waals surface area contributed by atoms with E-state index < -0.39 is 0 Å². The first-order chi connectivity index (χ1) is 12.7. The maximum Gasteiger partial charge on any atom is 0.282 e. The number of piperazine rings is 1. The second-order valence-corrected chi connectivity index (χ2v) is 8.03. The summed E-state index contributed by atoms with van der Waals surface area (Å²) in [5, 5.41) is 2.65.